The molecule has 8 heteroatoms. The Balaban J connectivity index is 0.000000233. The van der Waals surface area contributed by atoms with Crippen LogP contribution in [0.1, 0.15) is 55.7 Å². The molecule has 0 bridgehead atoms. The van der Waals surface area contributed by atoms with Crippen LogP contribution in [-0.4, -0.2) is 48.8 Å². The fourth-order valence-corrected chi connectivity index (χ4v) is 2.94. The Morgan fingerprint density at radius 3 is 1.48 bits per heavy atom. The summed E-state index contributed by atoms with van der Waals surface area (Å²) in [4.78, 5) is 45.6. The van der Waals surface area contributed by atoms with E-state index in [0.29, 0.717) is 22.3 Å². The Morgan fingerprint density at radius 2 is 1.14 bits per heavy atom. The normalized spacial score (nSPS) is 16.0. The third kappa shape index (κ3) is 5.47. The molecular formula is C21H21KN2O5. The standard InChI is InChI=1S/C9H7NO2.C8H5NO2.C4H8O.K.H/c1-10-8(11)6-4-2-3-5-7(6)9(10)12;10-7-5-3-1-2-4-6(5)8(11)9-7;1-2-4-5-3-1;;/h2-5H,1H3;1-4H,(H,9,10,11);1-4H2;;/q;;;+1;-1. The fraction of sp³-hybridized carbons (Fsp3) is 0.238. The van der Waals surface area contributed by atoms with Gasteiger partial charge in [0, 0.05) is 20.3 Å². The van der Waals surface area contributed by atoms with E-state index in [-0.39, 0.29) is 76.4 Å². The van der Waals surface area contributed by atoms with E-state index >= 15 is 0 Å². The zero-order valence-electron chi connectivity index (χ0n) is 17.4. The molecule has 4 amide bonds. The average molecular weight is 421 g/mol. The first-order valence-electron chi connectivity index (χ1n) is 8.94. The molecule has 0 atom stereocenters. The molecule has 2 aromatic rings. The number of fused-ring (bicyclic) bond motifs is 2. The van der Waals surface area contributed by atoms with Crippen LogP contribution in [0.4, 0.5) is 0 Å². The van der Waals surface area contributed by atoms with Crippen LogP contribution in [0.25, 0.3) is 0 Å². The molecule has 3 aliphatic rings. The van der Waals surface area contributed by atoms with E-state index in [4.69, 9.17) is 4.74 Å². The molecule has 0 saturated carbocycles. The van der Waals surface area contributed by atoms with Gasteiger partial charge in [0.1, 0.15) is 0 Å². The van der Waals surface area contributed by atoms with Gasteiger partial charge < -0.3 is 6.16 Å². The van der Waals surface area contributed by atoms with Gasteiger partial charge in [0.15, 0.2) is 0 Å². The van der Waals surface area contributed by atoms with Crippen molar-refractivity contribution in [2.24, 2.45) is 0 Å². The molecule has 0 spiro atoms. The second kappa shape index (κ2) is 10.9. The molecule has 1 fully saturated rings. The van der Waals surface area contributed by atoms with Crippen LogP contribution in [0.3, 0.4) is 0 Å². The molecule has 146 valence electrons. The van der Waals surface area contributed by atoms with Crippen LogP contribution in [0.15, 0.2) is 48.5 Å². The van der Waals surface area contributed by atoms with Crippen molar-refractivity contribution < 1.29 is 76.7 Å². The molecule has 3 heterocycles. The summed E-state index contributed by atoms with van der Waals surface area (Å²) >= 11 is 0. The van der Waals surface area contributed by atoms with E-state index in [2.05, 4.69) is 5.32 Å². The van der Waals surface area contributed by atoms with Crippen molar-refractivity contribution in [2.75, 3.05) is 20.3 Å². The Bertz CT molecular complexity index is 871. The van der Waals surface area contributed by atoms with Crippen molar-refractivity contribution in [3.63, 3.8) is 0 Å². The zero-order valence-corrected chi connectivity index (χ0v) is 19.6. The zero-order chi connectivity index (χ0) is 20.1. The van der Waals surface area contributed by atoms with Gasteiger partial charge >= 0.3 is 51.4 Å². The van der Waals surface area contributed by atoms with Crippen molar-refractivity contribution >= 4 is 23.6 Å². The number of ether oxygens (including phenoxy) is 1. The molecular weight excluding hydrogens is 399 g/mol. The first kappa shape index (κ1) is 23.6. The van der Waals surface area contributed by atoms with Gasteiger partial charge in [-0.1, -0.05) is 24.3 Å². The molecule has 5 rings (SSSR count). The maximum atomic E-state index is 11.3. The topological polar surface area (TPSA) is 92.8 Å². The van der Waals surface area contributed by atoms with E-state index in [0.717, 1.165) is 18.1 Å². The minimum absolute atomic E-state index is 0. The summed E-state index contributed by atoms with van der Waals surface area (Å²) in [6.07, 6.45) is 2.56. The SMILES string of the molecule is C1CCOC1.CN1C(=O)c2ccccc2C1=O.O=C1NC(=O)c2ccccc21.[H-].[K+]. The number of rotatable bonds is 0. The molecule has 3 aliphatic heterocycles. The van der Waals surface area contributed by atoms with E-state index in [1.54, 1.807) is 48.5 Å². The number of benzene rings is 2. The van der Waals surface area contributed by atoms with Gasteiger partial charge in [0.05, 0.1) is 22.3 Å². The summed E-state index contributed by atoms with van der Waals surface area (Å²) in [5.74, 6) is -1.03. The smallest absolute Gasteiger partial charge is 1.00 e. The Kier molecular flexibility index (Phi) is 8.88. The molecule has 1 N–H and O–H groups in total. The second-order valence-corrected chi connectivity index (χ2v) is 6.36. The fourth-order valence-electron chi connectivity index (χ4n) is 2.94. The maximum absolute atomic E-state index is 11.3. The van der Waals surface area contributed by atoms with Crippen LogP contribution in [0.5, 0.6) is 0 Å². The Hall–Kier alpha value is -1.68. The minimum Gasteiger partial charge on any atom is -1.00 e. The Morgan fingerprint density at radius 1 is 0.759 bits per heavy atom. The number of nitrogens with one attached hydrogen (secondary N) is 1. The van der Waals surface area contributed by atoms with E-state index in [1.165, 1.54) is 19.9 Å². The second-order valence-electron chi connectivity index (χ2n) is 6.36. The largest absolute Gasteiger partial charge is 1.00 e. The predicted octanol–water partition coefficient (Wildman–Crippen LogP) is -0.604. The predicted molar refractivity (Wildman–Crippen MR) is 102 cm³/mol. The number of nitrogens with zero attached hydrogens (tertiary/aromatic N) is 1. The number of hydrogen-bond donors (Lipinski definition) is 1. The quantitative estimate of drug-likeness (QED) is 0.454. The van der Waals surface area contributed by atoms with Crippen molar-refractivity contribution in [1.29, 1.82) is 0 Å². The molecule has 0 aliphatic carbocycles. The summed E-state index contributed by atoms with van der Waals surface area (Å²) in [7, 11) is 1.49. The van der Waals surface area contributed by atoms with E-state index in [1.807, 2.05) is 0 Å². The van der Waals surface area contributed by atoms with E-state index < -0.39 is 0 Å². The molecule has 7 nitrogen and oxygen atoms in total. The van der Waals surface area contributed by atoms with Crippen molar-refractivity contribution in [3.8, 4) is 0 Å². The summed E-state index contributed by atoms with van der Waals surface area (Å²) in [6, 6.07) is 13.6. The number of imide groups is 2. The number of amides is 4. The third-order valence-electron chi connectivity index (χ3n) is 4.47. The van der Waals surface area contributed by atoms with Crippen LogP contribution in [0, 0.1) is 0 Å². The first-order chi connectivity index (χ1) is 13.5. The number of hydrogen-bond acceptors (Lipinski definition) is 5. The third-order valence-corrected chi connectivity index (χ3v) is 4.47. The van der Waals surface area contributed by atoms with Gasteiger partial charge in [-0.3, -0.25) is 29.4 Å². The molecule has 29 heavy (non-hydrogen) atoms. The van der Waals surface area contributed by atoms with Gasteiger partial charge in [-0.15, -0.1) is 0 Å². The first-order valence-corrected chi connectivity index (χ1v) is 8.94. The van der Waals surface area contributed by atoms with Crippen LogP contribution in [-0.2, 0) is 4.74 Å². The van der Waals surface area contributed by atoms with Gasteiger partial charge in [-0.2, -0.15) is 0 Å². The van der Waals surface area contributed by atoms with Crippen LogP contribution in [0.2, 0.25) is 0 Å². The van der Waals surface area contributed by atoms with Crippen LogP contribution < -0.4 is 56.7 Å². The minimum atomic E-state index is -0.300. The van der Waals surface area contributed by atoms with Crippen molar-refractivity contribution in [1.82, 2.24) is 10.2 Å². The molecule has 0 unspecified atom stereocenters. The number of carbonyl (C=O) groups excluding carboxylic acids is 4. The van der Waals surface area contributed by atoms with E-state index in [9.17, 15) is 19.2 Å². The monoisotopic (exact) mass is 420 g/mol. The molecule has 2 aromatic carbocycles. The van der Waals surface area contributed by atoms with Gasteiger partial charge in [-0.25, -0.2) is 0 Å². The maximum Gasteiger partial charge on any atom is 1.00 e. The molecule has 1 saturated heterocycles. The summed E-state index contributed by atoms with van der Waals surface area (Å²) in [5, 5.41) is 2.20. The molecule has 0 radical (unpaired) electrons. The summed E-state index contributed by atoms with van der Waals surface area (Å²) in [6.45, 7) is 2.00. The van der Waals surface area contributed by atoms with Crippen molar-refractivity contribution in [3.05, 3.63) is 70.8 Å². The average Bonchev–Trinajstić information content (AvgIpc) is 3.44. The van der Waals surface area contributed by atoms with Gasteiger partial charge in [0.25, 0.3) is 23.6 Å². The number of carbonyl (C=O) groups is 4. The summed E-state index contributed by atoms with van der Waals surface area (Å²) in [5.41, 5.74) is 1.95. The van der Waals surface area contributed by atoms with Crippen LogP contribution >= 0.6 is 0 Å². The molecule has 0 aromatic heterocycles. The summed E-state index contributed by atoms with van der Waals surface area (Å²) < 4.78 is 4.94. The van der Waals surface area contributed by atoms with Gasteiger partial charge in [0.2, 0.25) is 0 Å². The van der Waals surface area contributed by atoms with Gasteiger partial charge in [-0.05, 0) is 37.1 Å². The Labute approximate surface area is 212 Å². The van der Waals surface area contributed by atoms with Crippen molar-refractivity contribution in [2.45, 2.75) is 12.8 Å².